The van der Waals surface area contributed by atoms with E-state index in [1.807, 2.05) is 24.5 Å². The van der Waals surface area contributed by atoms with E-state index in [4.69, 9.17) is 4.74 Å². The predicted octanol–water partition coefficient (Wildman–Crippen LogP) is 5.38. The van der Waals surface area contributed by atoms with Crippen LogP contribution in [0.15, 0.2) is 29.3 Å². The number of rotatable bonds is 5. The number of hydrogen-bond acceptors (Lipinski definition) is 3. The lowest BCUT2D eigenvalue weighted by Crippen LogP contribution is -2.07. The van der Waals surface area contributed by atoms with Gasteiger partial charge >= 0.3 is 5.97 Å². The largest absolute Gasteiger partial charge is 0.469 e. The van der Waals surface area contributed by atoms with E-state index in [2.05, 4.69) is 4.99 Å². The number of aromatic nitrogens is 1. The van der Waals surface area contributed by atoms with Crippen molar-refractivity contribution in [2.45, 2.75) is 46.1 Å². The van der Waals surface area contributed by atoms with Crippen molar-refractivity contribution < 1.29 is 18.3 Å². The van der Waals surface area contributed by atoms with Crippen molar-refractivity contribution in [3.05, 3.63) is 63.8 Å². The number of carbonyl (C=O) groups is 1. The minimum Gasteiger partial charge on any atom is -0.469 e. The zero-order valence-electron chi connectivity index (χ0n) is 17.6. The third kappa shape index (κ3) is 3.20. The molecule has 1 aromatic heterocycles. The quantitative estimate of drug-likeness (QED) is 0.530. The van der Waals surface area contributed by atoms with Crippen LogP contribution >= 0.6 is 0 Å². The maximum atomic E-state index is 15.7. The molecule has 0 N–H and O–H groups in total. The Morgan fingerprint density at radius 2 is 2.03 bits per heavy atom. The number of halogens is 2. The Morgan fingerprint density at radius 3 is 2.70 bits per heavy atom. The van der Waals surface area contributed by atoms with Gasteiger partial charge < -0.3 is 9.30 Å². The van der Waals surface area contributed by atoms with Crippen LogP contribution in [0, 0.1) is 18.6 Å². The normalized spacial score (nSPS) is 12.8. The maximum Gasteiger partial charge on any atom is 0.305 e. The minimum absolute atomic E-state index is 0.0540. The fraction of sp³-hybridized carbons (Fsp3) is 0.333. The Hall–Kier alpha value is -3.02. The molecule has 0 saturated heterocycles. The number of methoxy groups -OCH3 is 1. The van der Waals surface area contributed by atoms with Gasteiger partial charge in [-0.1, -0.05) is 13.8 Å². The molecular formula is C24H24F2N2O2. The monoisotopic (exact) mass is 410 g/mol. The van der Waals surface area contributed by atoms with Crippen molar-refractivity contribution in [3.63, 3.8) is 0 Å². The van der Waals surface area contributed by atoms with E-state index >= 15 is 4.39 Å². The molecule has 0 atom stereocenters. The van der Waals surface area contributed by atoms with E-state index in [0.717, 1.165) is 22.5 Å². The summed E-state index contributed by atoms with van der Waals surface area (Å²) in [6.45, 7) is 6.10. The molecule has 0 saturated carbocycles. The van der Waals surface area contributed by atoms with Crippen molar-refractivity contribution in [3.8, 4) is 5.69 Å². The first-order valence-corrected chi connectivity index (χ1v) is 10.0. The van der Waals surface area contributed by atoms with Gasteiger partial charge in [-0.25, -0.2) is 8.78 Å². The van der Waals surface area contributed by atoms with Gasteiger partial charge in [-0.2, -0.15) is 0 Å². The van der Waals surface area contributed by atoms with Gasteiger partial charge in [-0.15, -0.1) is 0 Å². The number of hydrogen-bond donors (Lipinski definition) is 0. The minimum atomic E-state index is -0.340. The van der Waals surface area contributed by atoms with E-state index in [-0.39, 0.29) is 29.9 Å². The summed E-state index contributed by atoms with van der Waals surface area (Å²) < 4.78 is 36.4. The van der Waals surface area contributed by atoms with Crippen molar-refractivity contribution in [1.29, 1.82) is 0 Å². The smallest absolute Gasteiger partial charge is 0.305 e. The van der Waals surface area contributed by atoms with Crippen LogP contribution in [0.2, 0.25) is 0 Å². The second-order valence-corrected chi connectivity index (χ2v) is 7.99. The van der Waals surface area contributed by atoms with Crippen LogP contribution in [0.4, 0.5) is 8.78 Å². The highest BCUT2D eigenvalue weighted by Crippen LogP contribution is 2.39. The first kappa shape index (κ1) is 20.3. The van der Waals surface area contributed by atoms with E-state index in [1.165, 1.54) is 13.2 Å². The van der Waals surface area contributed by atoms with E-state index in [9.17, 15) is 9.18 Å². The zero-order valence-corrected chi connectivity index (χ0v) is 17.6. The number of nitrogens with zero attached hydrogens (tertiary/aromatic N) is 2. The topological polar surface area (TPSA) is 43.6 Å². The summed E-state index contributed by atoms with van der Waals surface area (Å²) in [7, 11) is 1.35. The van der Waals surface area contributed by atoms with E-state index < -0.39 is 0 Å². The molecule has 0 aliphatic carbocycles. The van der Waals surface area contributed by atoms with Crippen molar-refractivity contribution in [2.24, 2.45) is 4.99 Å². The first-order chi connectivity index (χ1) is 14.3. The average Bonchev–Trinajstić information content (AvgIpc) is 3.31. The molecule has 30 heavy (non-hydrogen) atoms. The summed E-state index contributed by atoms with van der Waals surface area (Å²) in [5, 5.41) is 0.508. The lowest BCUT2D eigenvalue weighted by Gasteiger charge is -2.16. The third-order valence-electron chi connectivity index (χ3n) is 5.71. The Balaban J connectivity index is 2.07. The summed E-state index contributed by atoms with van der Waals surface area (Å²) in [5.41, 5.74) is 5.02. The Morgan fingerprint density at radius 1 is 1.27 bits per heavy atom. The standard InChI is InChI=1S/C24H24F2N2O2/c1-13(2)24-17(6-8-21(29)30-4)22-20(10-15-11-27-12-18(15)23(22)26)28(24)16-5-7-19(25)14(3)9-16/h5,7,9-11,13H,6,8,12H2,1-4H3. The Labute approximate surface area is 174 Å². The molecule has 4 rings (SSSR count). The molecule has 2 aromatic carbocycles. The van der Waals surface area contributed by atoms with Crippen molar-refractivity contribution in [1.82, 2.24) is 4.57 Å². The maximum absolute atomic E-state index is 15.7. The summed E-state index contributed by atoms with van der Waals surface area (Å²) in [4.78, 5) is 16.1. The van der Waals surface area contributed by atoms with Crippen LogP contribution in [0.1, 0.15) is 54.1 Å². The first-order valence-electron chi connectivity index (χ1n) is 10.0. The molecule has 6 heteroatoms. The summed E-state index contributed by atoms with van der Waals surface area (Å²) in [5.74, 6) is -0.864. The highest BCUT2D eigenvalue weighted by Gasteiger charge is 2.27. The molecule has 0 bridgehead atoms. The van der Waals surface area contributed by atoms with Gasteiger partial charge in [0.2, 0.25) is 0 Å². The third-order valence-corrected chi connectivity index (χ3v) is 5.71. The molecule has 0 unspecified atom stereocenters. The molecule has 0 spiro atoms. The number of aryl methyl sites for hydroxylation is 2. The Kier molecular flexibility index (Phi) is 5.18. The number of aliphatic imine (C=N–C) groups is 1. The van der Waals surface area contributed by atoms with Gasteiger partial charge in [0.05, 0.1) is 19.2 Å². The van der Waals surface area contributed by atoms with Gasteiger partial charge in [-0.05, 0) is 54.7 Å². The van der Waals surface area contributed by atoms with Gasteiger partial charge in [-0.3, -0.25) is 9.79 Å². The summed E-state index contributed by atoms with van der Waals surface area (Å²) in [6, 6.07) is 6.84. The molecule has 0 radical (unpaired) electrons. The van der Waals surface area contributed by atoms with Crippen molar-refractivity contribution >= 4 is 23.1 Å². The van der Waals surface area contributed by atoms with Crippen LogP contribution in [0.3, 0.4) is 0 Å². The van der Waals surface area contributed by atoms with E-state index in [1.54, 1.807) is 25.3 Å². The number of benzene rings is 2. The molecule has 1 aliphatic heterocycles. The fourth-order valence-corrected chi connectivity index (χ4v) is 4.30. The summed E-state index contributed by atoms with van der Waals surface area (Å²) >= 11 is 0. The Bertz CT molecular complexity index is 1190. The second-order valence-electron chi connectivity index (χ2n) is 7.99. The van der Waals surface area contributed by atoms with Crippen LogP contribution in [-0.2, 0) is 22.5 Å². The molecule has 1 aliphatic rings. The molecule has 3 aromatic rings. The predicted molar refractivity (Wildman–Crippen MR) is 114 cm³/mol. The van der Waals surface area contributed by atoms with Crippen LogP contribution in [0.5, 0.6) is 0 Å². The van der Waals surface area contributed by atoms with Crippen LogP contribution < -0.4 is 0 Å². The summed E-state index contributed by atoms with van der Waals surface area (Å²) in [6.07, 6.45) is 2.21. The lowest BCUT2D eigenvalue weighted by molar-refractivity contribution is -0.140. The van der Waals surface area contributed by atoms with Crippen LogP contribution in [0.25, 0.3) is 16.6 Å². The molecular weight excluding hydrogens is 386 g/mol. The van der Waals surface area contributed by atoms with E-state index in [0.29, 0.717) is 35.0 Å². The van der Waals surface area contributed by atoms with Gasteiger partial charge in [0, 0.05) is 40.5 Å². The van der Waals surface area contributed by atoms with Gasteiger partial charge in [0.25, 0.3) is 0 Å². The molecule has 4 nitrogen and oxygen atoms in total. The average molecular weight is 410 g/mol. The highest BCUT2D eigenvalue weighted by atomic mass is 19.1. The fourth-order valence-electron chi connectivity index (χ4n) is 4.30. The highest BCUT2D eigenvalue weighted by molar-refractivity contribution is 5.96. The van der Waals surface area contributed by atoms with Gasteiger partial charge in [0.1, 0.15) is 11.6 Å². The molecule has 156 valence electrons. The van der Waals surface area contributed by atoms with Crippen molar-refractivity contribution in [2.75, 3.05) is 7.11 Å². The SMILES string of the molecule is COC(=O)CCc1c(C(C)C)n(-c2ccc(F)c(C)c2)c2cc3c(c(F)c12)CN=C3. The number of ether oxygens (including phenoxy) is 1. The molecule has 0 amide bonds. The molecule has 2 heterocycles. The molecule has 0 fully saturated rings. The van der Waals surface area contributed by atoms with Crippen LogP contribution in [-0.4, -0.2) is 23.9 Å². The van der Waals surface area contributed by atoms with Gasteiger partial charge in [0.15, 0.2) is 0 Å². The zero-order chi connectivity index (χ0) is 21.6. The number of esters is 1. The second kappa shape index (κ2) is 7.67. The number of carbonyl (C=O) groups excluding carboxylic acids is 1. The number of fused-ring (bicyclic) bond motifs is 2. The lowest BCUT2D eigenvalue weighted by atomic mass is 9.97.